The van der Waals surface area contributed by atoms with Gasteiger partial charge in [-0.15, -0.1) is 12.4 Å². The minimum absolute atomic E-state index is 0. The molecular formula is C10H21ClN2O2. The summed E-state index contributed by atoms with van der Waals surface area (Å²) in [4.78, 5) is 13.4. The summed E-state index contributed by atoms with van der Waals surface area (Å²) in [5.74, 6) is 0.220. The molecule has 1 aliphatic heterocycles. The van der Waals surface area contributed by atoms with Crippen molar-refractivity contribution in [2.75, 3.05) is 26.3 Å². The molecule has 1 rings (SSSR count). The average molecular weight is 237 g/mol. The first-order valence-electron chi connectivity index (χ1n) is 5.35. The van der Waals surface area contributed by atoms with Crippen LogP contribution in [0.15, 0.2) is 0 Å². The molecule has 90 valence electrons. The van der Waals surface area contributed by atoms with Crippen LogP contribution in [0.2, 0.25) is 0 Å². The van der Waals surface area contributed by atoms with Crippen LogP contribution in [0.3, 0.4) is 0 Å². The van der Waals surface area contributed by atoms with Crippen molar-refractivity contribution in [3.63, 3.8) is 0 Å². The van der Waals surface area contributed by atoms with Gasteiger partial charge in [0.2, 0.25) is 5.91 Å². The van der Waals surface area contributed by atoms with Crippen molar-refractivity contribution < 1.29 is 9.53 Å². The first-order valence-corrected chi connectivity index (χ1v) is 5.35. The van der Waals surface area contributed by atoms with E-state index in [9.17, 15) is 4.79 Å². The zero-order valence-electron chi connectivity index (χ0n) is 9.28. The number of nitrogens with zero attached hydrogens (tertiary/aromatic N) is 1. The van der Waals surface area contributed by atoms with Gasteiger partial charge in [0.25, 0.3) is 0 Å². The number of hydrogen-bond donors (Lipinski definition) is 1. The Kier molecular flexibility index (Phi) is 7.74. The van der Waals surface area contributed by atoms with Crippen molar-refractivity contribution in [3.8, 4) is 0 Å². The molecule has 0 spiro atoms. The van der Waals surface area contributed by atoms with Crippen LogP contribution in [-0.4, -0.2) is 43.2 Å². The molecule has 0 bridgehead atoms. The normalized spacial score (nSPS) is 20.1. The van der Waals surface area contributed by atoms with Crippen LogP contribution in [0.1, 0.15) is 26.2 Å². The molecule has 1 atom stereocenters. The lowest BCUT2D eigenvalue weighted by Crippen LogP contribution is -2.31. The number of amides is 1. The first-order chi connectivity index (χ1) is 6.74. The Bertz CT molecular complexity index is 190. The van der Waals surface area contributed by atoms with Crippen molar-refractivity contribution >= 4 is 18.3 Å². The van der Waals surface area contributed by atoms with E-state index in [4.69, 9.17) is 10.5 Å². The lowest BCUT2D eigenvalue weighted by atomic mass is 10.3. The maximum atomic E-state index is 11.6. The van der Waals surface area contributed by atoms with E-state index in [-0.39, 0.29) is 24.4 Å². The highest BCUT2D eigenvalue weighted by atomic mass is 35.5. The molecule has 0 aromatic carbocycles. The van der Waals surface area contributed by atoms with E-state index in [1.807, 2.05) is 11.8 Å². The van der Waals surface area contributed by atoms with Crippen LogP contribution in [0, 0.1) is 0 Å². The summed E-state index contributed by atoms with van der Waals surface area (Å²) in [7, 11) is 0. The third-order valence-electron chi connectivity index (χ3n) is 2.46. The van der Waals surface area contributed by atoms with Crippen LogP contribution >= 0.6 is 12.4 Å². The number of hydrogen-bond acceptors (Lipinski definition) is 3. The SMILES string of the molecule is CCOCCCC(=O)N1CCC(N)C1.Cl. The predicted molar refractivity (Wildman–Crippen MR) is 62.1 cm³/mol. The Morgan fingerprint density at radius 3 is 2.87 bits per heavy atom. The van der Waals surface area contributed by atoms with E-state index in [1.165, 1.54) is 0 Å². The fourth-order valence-corrected chi connectivity index (χ4v) is 1.64. The van der Waals surface area contributed by atoms with E-state index in [2.05, 4.69) is 0 Å². The molecule has 0 aliphatic carbocycles. The number of rotatable bonds is 5. The predicted octanol–water partition coefficient (Wildman–Crippen LogP) is 0.784. The Labute approximate surface area is 97.5 Å². The standard InChI is InChI=1S/C10H20N2O2.ClH/c1-2-14-7-3-4-10(13)12-6-5-9(11)8-12;/h9H,2-8,11H2,1H3;1H. The molecule has 0 radical (unpaired) electrons. The van der Waals surface area contributed by atoms with Gasteiger partial charge in [0.05, 0.1) is 0 Å². The molecule has 1 unspecified atom stereocenters. The van der Waals surface area contributed by atoms with Gasteiger partial charge < -0.3 is 15.4 Å². The fraction of sp³-hybridized carbons (Fsp3) is 0.900. The summed E-state index contributed by atoms with van der Waals surface area (Å²) in [5.41, 5.74) is 5.72. The molecule has 1 amide bonds. The molecule has 5 heteroatoms. The second-order valence-electron chi connectivity index (χ2n) is 3.69. The monoisotopic (exact) mass is 236 g/mol. The molecule has 0 aromatic rings. The molecule has 15 heavy (non-hydrogen) atoms. The van der Waals surface area contributed by atoms with Gasteiger partial charge in [0.15, 0.2) is 0 Å². The zero-order chi connectivity index (χ0) is 10.4. The molecular weight excluding hydrogens is 216 g/mol. The molecule has 1 heterocycles. The number of carbonyl (C=O) groups excluding carboxylic acids is 1. The maximum absolute atomic E-state index is 11.6. The van der Waals surface area contributed by atoms with E-state index in [0.29, 0.717) is 13.0 Å². The van der Waals surface area contributed by atoms with Gasteiger partial charge >= 0.3 is 0 Å². The van der Waals surface area contributed by atoms with Crippen molar-refractivity contribution in [1.29, 1.82) is 0 Å². The highest BCUT2D eigenvalue weighted by Gasteiger charge is 2.22. The summed E-state index contributed by atoms with van der Waals surface area (Å²) < 4.78 is 5.17. The average Bonchev–Trinajstić information content (AvgIpc) is 2.59. The quantitative estimate of drug-likeness (QED) is 0.718. The van der Waals surface area contributed by atoms with Crippen molar-refractivity contribution in [1.82, 2.24) is 4.90 Å². The Morgan fingerprint density at radius 2 is 2.33 bits per heavy atom. The van der Waals surface area contributed by atoms with Crippen LogP contribution in [-0.2, 0) is 9.53 Å². The first kappa shape index (κ1) is 14.7. The Balaban J connectivity index is 0.00000196. The topological polar surface area (TPSA) is 55.6 Å². The number of halogens is 1. The van der Waals surface area contributed by atoms with Gasteiger partial charge in [0.1, 0.15) is 0 Å². The zero-order valence-corrected chi connectivity index (χ0v) is 10.1. The summed E-state index contributed by atoms with van der Waals surface area (Å²) in [6.07, 6.45) is 2.35. The second-order valence-corrected chi connectivity index (χ2v) is 3.69. The van der Waals surface area contributed by atoms with E-state index in [0.717, 1.165) is 32.5 Å². The summed E-state index contributed by atoms with van der Waals surface area (Å²) in [6, 6.07) is 0.186. The van der Waals surface area contributed by atoms with E-state index < -0.39 is 0 Å². The Morgan fingerprint density at radius 1 is 1.60 bits per heavy atom. The molecule has 1 aliphatic rings. The van der Waals surface area contributed by atoms with E-state index >= 15 is 0 Å². The minimum Gasteiger partial charge on any atom is -0.382 e. The lowest BCUT2D eigenvalue weighted by molar-refractivity contribution is -0.130. The lowest BCUT2D eigenvalue weighted by Gasteiger charge is -2.15. The third kappa shape index (κ3) is 5.35. The summed E-state index contributed by atoms with van der Waals surface area (Å²) in [5, 5.41) is 0. The summed E-state index contributed by atoms with van der Waals surface area (Å²) >= 11 is 0. The van der Waals surface area contributed by atoms with Gasteiger partial charge in [-0.2, -0.15) is 0 Å². The fourth-order valence-electron chi connectivity index (χ4n) is 1.64. The van der Waals surface area contributed by atoms with Gasteiger partial charge in [0, 0.05) is 38.8 Å². The maximum Gasteiger partial charge on any atom is 0.222 e. The minimum atomic E-state index is 0. The van der Waals surface area contributed by atoms with Crippen LogP contribution in [0.5, 0.6) is 0 Å². The molecule has 0 saturated carbocycles. The highest BCUT2D eigenvalue weighted by Crippen LogP contribution is 2.09. The van der Waals surface area contributed by atoms with Crippen LogP contribution < -0.4 is 5.73 Å². The van der Waals surface area contributed by atoms with Gasteiger partial charge in [-0.3, -0.25) is 4.79 Å². The van der Waals surface area contributed by atoms with Crippen molar-refractivity contribution in [2.45, 2.75) is 32.2 Å². The van der Waals surface area contributed by atoms with Gasteiger partial charge in [-0.1, -0.05) is 0 Å². The number of ether oxygens (including phenoxy) is 1. The largest absolute Gasteiger partial charge is 0.382 e. The molecule has 1 fully saturated rings. The van der Waals surface area contributed by atoms with Gasteiger partial charge in [-0.05, 0) is 19.8 Å². The highest BCUT2D eigenvalue weighted by molar-refractivity contribution is 5.85. The van der Waals surface area contributed by atoms with Gasteiger partial charge in [-0.25, -0.2) is 0 Å². The third-order valence-corrected chi connectivity index (χ3v) is 2.46. The summed E-state index contributed by atoms with van der Waals surface area (Å²) in [6.45, 7) is 4.92. The van der Waals surface area contributed by atoms with Crippen LogP contribution in [0.25, 0.3) is 0 Å². The van der Waals surface area contributed by atoms with Crippen molar-refractivity contribution in [3.05, 3.63) is 0 Å². The number of carbonyl (C=O) groups is 1. The second kappa shape index (κ2) is 7.91. The Hall–Kier alpha value is -0.320. The molecule has 0 aromatic heterocycles. The molecule has 1 saturated heterocycles. The number of likely N-dealkylation sites (tertiary alicyclic amines) is 1. The van der Waals surface area contributed by atoms with Crippen LogP contribution in [0.4, 0.5) is 0 Å². The number of nitrogens with two attached hydrogens (primary N) is 1. The molecule has 4 nitrogen and oxygen atoms in total. The van der Waals surface area contributed by atoms with E-state index in [1.54, 1.807) is 0 Å². The van der Waals surface area contributed by atoms with Crippen molar-refractivity contribution in [2.24, 2.45) is 5.73 Å². The molecule has 2 N–H and O–H groups in total. The smallest absolute Gasteiger partial charge is 0.222 e.